The number of carbonyl (C=O) groups is 2. The fourth-order valence-electron chi connectivity index (χ4n) is 3.53. The lowest BCUT2D eigenvalue weighted by molar-refractivity contribution is 0.0505. The van der Waals surface area contributed by atoms with Gasteiger partial charge in [-0.3, -0.25) is 4.79 Å². The molecule has 4 rings (SSSR count). The first kappa shape index (κ1) is 18.8. The summed E-state index contributed by atoms with van der Waals surface area (Å²) < 4.78 is 16.0. The van der Waals surface area contributed by atoms with Crippen LogP contribution in [0.3, 0.4) is 0 Å². The van der Waals surface area contributed by atoms with Crippen molar-refractivity contribution in [3.63, 3.8) is 0 Å². The zero-order chi connectivity index (χ0) is 19.7. The summed E-state index contributed by atoms with van der Waals surface area (Å²) >= 11 is 1.49. The molecule has 2 aliphatic rings. The first-order valence-electron chi connectivity index (χ1n) is 9.59. The number of esters is 1. The van der Waals surface area contributed by atoms with Crippen molar-refractivity contribution in [3.05, 3.63) is 39.8 Å². The van der Waals surface area contributed by atoms with Gasteiger partial charge in [-0.15, -0.1) is 11.3 Å². The molecule has 1 N–H and O–H groups in total. The van der Waals surface area contributed by atoms with Crippen LogP contribution in [0.2, 0.25) is 0 Å². The number of rotatable bonds is 5. The van der Waals surface area contributed by atoms with Gasteiger partial charge >= 0.3 is 5.97 Å². The van der Waals surface area contributed by atoms with Crippen LogP contribution in [-0.2, 0) is 17.6 Å². The van der Waals surface area contributed by atoms with Gasteiger partial charge in [0.05, 0.1) is 12.2 Å². The fraction of sp³-hybridized carbons (Fsp3) is 0.429. The molecule has 6 nitrogen and oxygen atoms in total. The highest BCUT2D eigenvalue weighted by molar-refractivity contribution is 7.17. The third-order valence-corrected chi connectivity index (χ3v) is 6.18. The molecule has 148 valence electrons. The van der Waals surface area contributed by atoms with Crippen LogP contribution in [0.4, 0.5) is 5.00 Å². The molecule has 2 aromatic rings. The van der Waals surface area contributed by atoms with E-state index in [1.807, 2.05) is 6.92 Å². The zero-order valence-electron chi connectivity index (χ0n) is 16.0. The van der Waals surface area contributed by atoms with Gasteiger partial charge in [0.2, 0.25) is 6.79 Å². The molecule has 0 fully saturated rings. The second-order valence-electron chi connectivity index (χ2n) is 7.21. The van der Waals surface area contributed by atoms with E-state index in [2.05, 4.69) is 12.2 Å². The van der Waals surface area contributed by atoms with Crippen LogP contribution in [0.1, 0.15) is 57.8 Å². The van der Waals surface area contributed by atoms with Crippen LogP contribution in [0.15, 0.2) is 18.2 Å². The maximum absolute atomic E-state index is 12.8. The first-order valence-corrected chi connectivity index (χ1v) is 10.4. The average molecular weight is 401 g/mol. The summed E-state index contributed by atoms with van der Waals surface area (Å²) in [6.07, 6.45) is 3.55. The molecule has 0 unspecified atom stereocenters. The predicted molar refractivity (Wildman–Crippen MR) is 107 cm³/mol. The van der Waals surface area contributed by atoms with Gasteiger partial charge in [0, 0.05) is 10.4 Å². The summed E-state index contributed by atoms with van der Waals surface area (Å²) in [5.41, 5.74) is 2.01. The molecular weight excluding hydrogens is 378 g/mol. The maximum atomic E-state index is 12.8. The average Bonchev–Trinajstić information content (AvgIpc) is 3.28. The second-order valence-corrected chi connectivity index (χ2v) is 8.32. The number of amides is 1. The monoisotopic (exact) mass is 401 g/mol. The number of thiophene rings is 1. The van der Waals surface area contributed by atoms with Crippen LogP contribution in [0, 0.1) is 5.92 Å². The van der Waals surface area contributed by atoms with E-state index in [-0.39, 0.29) is 18.7 Å². The molecule has 1 aliphatic carbocycles. The Morgan fingerprint density at radius 1 is 1.29 bits per heavy atom. The Morgan fingerprint density at radius 3 is 2.93 bits per heavy atom. The van der Waals surface area contributed by atoms with Crippen molar-refractivity contribution in [3.8, 4) is 11.5 Å². The Balaban J connectivity index is 1.63. The molecule has 0 saturated heterocycles. The number of carbonyl (C=O) groups excluding carboxylic acids is 2. The lowest BCUT2D eigenvalue weighted by Crippen LogP contribution is -2.17. The Hall–Kier alpha value is -2.54. The minimum Gasteiger partial charge on any atom is -0.462 e. The molecule has 0 saturated carbocycles. The van der Waals surface area contributed by atoms with Crippen molar-refractivity contribution in [2.45, 2.75) is 39.5 Å². The quantitative estimate of drug-likeness (QED) is 0.751. The standard InChI is InChI=1S/C21H23NO5S/c1-3-8-25-21(24)18-14-6-4-12(2)9-17(14)28-20(18)22-19(23)13-5-7-15-16(10-13)27-11-26-15/h5,7,10,12H,3-4,6,8-9,11H2,1-2H3,(H,22,23)/t12-/m0/s1. The Kier molecular flexibility index (Phi) is 5.26. The van der Waals surface area contributed by atoms with Crippen molar-refractivity contribution in [2.24, 2.45) is 5.92 Å². The summed E-state index contributed by atoms with van der Waals surface area (Å²) in [6, 6.07) is 5.06. The Labute approximate surface area is 167 Å². The van der Waals surface area contributed by atoms with Gasteiger partial charge in [-0.25, -0.2) is 4.79 Å². The number of nitrogens with one attached hydrogen (secondary N) is 1. The summed E-state index contributed by atoms with van der Waals surface area (Å²) in [7, 11) is 0. The van der Waals surface area contributed by atoms with Gasteiger partial charge in [-0.2, -0.15) is 0 Å². The molecule has 0 bridgehead atoms. The highest BCUT2D eigenvalue weighted by Crippen LogP contribution is 2.40. The van der Waals surface area contributed by atoms with Crippen LogP contribution >= 0.6 is 11.3 Å². The maximum Gasteiger partial charge on any atom is 0.341 e. The van der Waals surface area contributed by atoms with Gasteiger partial charge in [0.15, 0.2) is 11.5 Å². The molecule has 7 heteroatoms. The topological polar surface area (TPSA) is 73.9 Å². The molecule has 1 aliphatic heterocycles. The van der Waals surface area contributed by atoms with Crippen molar-refractivity contribution in [1.29, 1.82) is 0 Å². The van der Waals surface area contributed by atoms with E-state index in [1.54, 1.807) is 18.2 Å². The smallest absolute Gasteiger partial charge is 0.341 e. The normalized spacial score (nSPS) is 17.1. The van der Waals surface area contributed by atoms with Crippen LogP contribution in [0.25, 0.3) is 0 Å². The number of ether oxygens (including phenoxy) is 3. The van der Waals surface area contributed by atoms with Crippen molar-refractivity contribution in [1.82, 2.24) is 0 Å². The Morgan fingerprint density at radius 2 is 2.11 bits per heavy atom. The van der Waals surface area contributed by atoms with E-state index in [1.165, 1.54) is 16.2 Å². The number of hydrogen-bond acceptors (Lipinski definition) is 6. The van der Waals surface area contributed by atoms with E-state index < -0.39 is 0 Å². The Bertz CT molecular complexity index is 920. The van der Waals surface area contributed by atoms with Gasteiger partial charge in [0.1, 0.15) is 5.00 Å². The highest BCUT2D eigenvalue weighted by Gasteiger charge is 2.29. The zero-order valence-corrected chi connectivity index (χ0v) is 16.8. The van der Waals surface area contributed by atoms with Gasteiger partial charge in [-0.05, 0) is 55.4 Å². The molecular formula is C21H23NO5S. The summed E-state index contributed by atoms with van der Waals surface area (Å²) in [4.78, 5) is 26.7. The van der Waals surface area contributed by atoms with Crippen molar-refractivity contribution >= 4 is 28.2 Å². The van der Waals surface area contributed by atoms with E-state index in [4.69, 9.17) is 14.2 Å². The number of anilines is 1. The molecule has 1 aromatic carbocycles. The first-order chi connectivity index (χ1) is 13.6. The predicted octanol–water partition coefficient (Wildman–Crippen LogP) is 4.42. The molecule has 1 aromatic heterocycles. The van der Waals surface area contributed by atoms with E-state index in [0.29, 0.717) is 40.2 Å². The van der Waals surface area contributed by atoms with E-state index >= 15 is 0 Å². The van der Waals surface area contributed by atoms with E-state index in [9.17, 15) is 9.59 Å². The molecule has 0 spiro atoms. The minimum atomic E-state index is -0.352. The SMILES string of the molecule is CCCOC(=O)c1c(NC(=O)c2ccc3c(c2)OCO3)sc2c1CC[C@H](C)C2. The minimum absolute atomic E-state index is 0.156. The lowest BCUT2D eigenvalue weighted by Gasteiger charge is -2.18. The highest BCUT2D eigenvalue weighted by atomic mass is 32.1. The molecule has 2 heterocycles. The van der Waals surface area contributed by atoms with Gasteiger partial charge in [-0.1, -0.05) is 13.8 Å². The van der Waals surface area contributed by atoms with Crippen molar-refractivity contribution in [2.75, 3.05) is 18.7 Å². The van der Waals surface area contributed by atoms with Crippen LogP contribution in [0.5, 0.6) is 11.5 Å². The van der Waals surface area contributed by atoms with Crippen molar-refractivity contribution < 1.29 is 23.8 Å². The third kappa shape index (κ3) is 3.58. The summed E-state index contributed by atoms with van der Waals surface area (Å²) in [5, 5.41) is 3.50. The number of benzene rings is 1. The summed E-state index contributed by atoms with van der Waals surface area (Å²) in [5.74, 6) is 1.11. The summed E-state index contributed by atoms with van der Waals surface area (Å²) in [6.45, 7) is 4.70. The molecule has 28 heavy (non-hydrogen) atoms. The number of fused-ring (bicyclic) bond motifs is 2. The van der Waals surface area contributed by atoms with Crippen LogP contribution < -0.4 is 14.8 Å². The molecule has 1 atom stereocenters. The van der Waals surface area contributed by atoms with Crippen LogP contribution in [-0.4, -0.2) is 25.3 Å². The lowest BCUT2D eigenvalue weighted by atomic mass is 9.88. The molecule has 0 radical (unpaired) electrons. The fourth-order valence-corrected chi connectivity index (χ4v) is 4.93. The number of hydrogen-bond donors (Lipinski definition) is 1. The second kappa shape index (κ2) is 7.83. The van der Waals surface area contributed by atoms with E-state index in [0.717, 1.165) is 31.2 Å². The largest absolute Gasteiger partial charge is 0.462 e. The third-order valence-electron chi connectivity index (χ3n) is 5.01. The molecule has 1 amide bonds. The van der Waals surface area contributed by atoms with Gasteiger partial charge < -0.3 is 19.5 Å². The van der Waals surface area contributed by atoms with Gasteiger partial charge in [0.25, 0.3) is 5.91 Å².